The second-order valence-corrected chi connectivity index (χ2v) is 4.22. The Hall–Kier alpha value is -1.86. The zero-order valence-electron chi connectivity index (χ0n) is 11.3. The number of likely N-dealkylation sites (N-methyl/N-ethyl adjacent to an activating group) is 1. The van der Waals surface area contributed by atoms with Crippen LogP contribution in [0.15, 0.2) is 18.2 Å². The molecular weight excluding hydrogens is 248 g/mol. The minimum Gasteiger partial charge on any atom is -0.393 e. The van der Waals surface area contributed by atoms with Gasteiger partial charge in [-0.1, -0.05) is 6.07 Å². The maximum Gasteiger partial charge on any atom is 0.314 e. The van der Waals surface area contributed by atoms with E-state index >= 15 is 0 Å². The number of nitrogens with two attached hydrogens (primary N) is 1. The van der Waals surface area contributed by atoms with E-state index in [9.17, 15) is 10.1 Å². The van der Waals surface area contributed by atoms with Crippen LogP contribution in [-0.4, -0.2) is 50.2 Å². The molecule has 0 saturated carbocycles. The van der Waals surface area contributed by atoms with Crippen LogP contribution in [0.2, 0.25) is 0 Å². The zero-order chi connectivity index (χ0) is 14.3. The van der Waals surface area contributed by atoms with Gasteiger partial charge in [-0.05, 0) is 19.2 Å². The Balaban J connectivity index is 2.54. The van der Waals surface area contributed by atoms with Gasteiger partial charge >= 0.3 is 5.69 Å². The molecule has 0 bridgehead atoms. The van der Waals surface area contributed by atoms with Crippen molar-refractivity contribution in [3.8, 4) is 0 Å². The molecule has 7 nitrogen and oxygen atoms in total. The molecule has 0 radical (unpaired) electrons. The van der Waals surface area contributed by atoms with Crippen LogP contribution in [0.25, 0.3) is 0 Å². The summed E-state index contributed by atoms with van der Waals surface area (Å²) < 4.78 is 4.98. The van der Waals surface area contributed by atoms with Crippen molar-refractivity contribution in [3.05, 3.63) is 28.3 Å². The predicted molar refractivity (Wildman–Crippen MR) is 75.4 cm³/mol. The minimum atomic E-state index is -0.466. The number of hydrogen-bond acceptors (Lipinski definition) is 6. The average Bonchev–Trinajstić information content (AvgIpc) is 2.36. The van der Waals surface area contributed by atoms with Gasteiger partial charge in [0.25, 0.3) is 0 Å². The number of nitrogens with zero attached hydrogens (tertiary/aromatic N) is 2. The molecule has 7 heteroatoms. The first-order valence-electron chi connectivity index (χ1n) is 6.00. The lowest BCUT2D eigenvalue weighted by atomic mass is 10.2. The van der Waals surface area contributed by atoms with Crippen molar-refractivity contribution in [1.82, 2.24) is 4.90 Å². The number of nitro groups is 1. The highest BCUT2D eigenvalue weighted by atomic mass is 16.6. The molecule has 0 spiro atoms. The van der Waals surface area contributed by atoms with Crippen molar-refractivity contribution in [2.45, 2.75) is 0 Å². The molecule has 3 N–H and O–H groups in total. The second-order valence-electron chi connectivity index (χ2n) is 4.22. The summed E-state index contributed by atoms with van der Waals surface area (Å²) in [5.41, 5.74) is 6.16. The lowest BCUT2D eigenvalue weighted by Gasteiger charge is -2.16. The van der Waals surface area contributed by atoms with E-state index in [2.05, 4.69) is 10.2 Å². The van der Waals surface area contributed by atoms with Crippen LogP contribution in [0.5, 0.6) is 0 Å². The van der Waals surface area contributed by atoms with Crippen molar-refractivity contribution in [3.63, 3.8) is 0 Å². The summed E-state index contributed by atoms with van der Waals surface area (Å²) in [6, 6.07) is 4.87. The summed E-state index contributed by atoms with van der Waals surface area (Å²) in [6.07, 6.45) is 0. The second kappa shape index (κ2) is 7.55. The molecule has 0 unspecified atom stereocenters. The van der Waals surface area contributed by atoms with Gasteiger partial charge in [0, 0.05) is 26.7 Å². The first kappa shape index (κ1) is 15.2. The summed E-state index contributed by atoms with van der Waals surface area (Å²) in [5, 5.41) is 14.0. The molecular formula is C12H20N4O3. The van der Waals surface area contributed by atoms with Crippen molar-refractivity contribution in [1.29, 1.82) is 0 Å². The molecule has 0 heterocycles. The third kappa shape index (κ3) is 4.72. The summed E-state index contributed by atoms with van der Waals surface area (Å²) in [4.78, 5) is 12.6. The lowest BCUT2D eigenvalue weighted by molar-refractivity contribution is -0.383. The Morgan fingerprint density at radius 1 is 1.47 bits per heavy atom. The Kier molecular flexibility index (Phi) is 6.04. The molecule has 0 aromatic heterocycles. The highest BCUT2D eigenvalue weighted by Crippen LogP contribution is 2.30. The third-order valence-corrected chi connectivity index (χ3v) is 2.74. The van der Waals surface area contributed by atoms with Crippen LogP contribution >= 0.6 is 0 Å². The molecule has 0 atom stereocenters. The molecule has 1 aromatic carbocycles. The number of nitrogens with one attached hydrogen (secondary N) is 1. The van der Waals surface area contributed by atoms with Crippen molar-refractivity contribution in [2.24, 2.45) is 0 Å². The highest BCUT2D eigenvalue weighted by Gasteiger charge is 2.17. The van der Waals surface area contributed by atoms with Gasteiger partial charge in [0.1, 0.15) is 11.4 Å². The number of benzene rings is 1. The molecule has 106 valence electrons. The first-order chi connectivity index (χ1) is 9.06. The monoisotopic (exact) mass is 268 g/mol. The number of hydrogen-bond donors (Lipinski definition) is 2. The van der Waals surface area contributed by atoms with Gasteiger partial charge in [-0.3, -0.25) is 10.1 Å². The van der Waals surface area contributed by atoms with E-state index in [0.717, 1.165) is 13.1 Å². The van der Waals surface area contributed by atoms with Crippen molar-refractivity contribution < 1.29 is 9.66 Å². The molecule has 19 heavy (non-hydrogen) atoms. The highest BCUT2D eigenvalue weighted by molar-refractivity contribution is 5.74. The number of methoxy groups -OCH3 is 1. The quantitative estimate of drug-likeness (QED) is 0.417. The third-order valence-electron chi connectivity index (χ3n) is 2.74. The van der Waals surface area contributed by atoms with Gasteiger partial charge in [-0.15, -0.1) is 0 Å². The summed E-state index contributed by atoms with van der Waals surface area (Å²) >= 11 is 0. The van der Waals surface area contributed by atoms with Gasteiger partial charge in [0.05, 0.1) is 11.5 Å². The fourth-order valence-electron chi connectivity index (χ4n) is 1.65. The topological polar surface area (TPSA) is 93.7 Å². The number of para-hydroxylation sites is 1. The maximum atomic E-state index is 10.9. The molecule has 0 aliphatic heterocycles. The van der Waals surface area contributed by atoms with Gasteiger partial charge < -0.3 is 20.7 Å². The smallest absolute Gasteiger partial charge is 0.314 e. The van der Waals surface area contributed by atoms with Gasteiger partial charge in [0.15, 0.2) is 0 Å². The van der Waals surface area contributed by atoms with Crippen molar-refractivity contribution >= 4 is 17.1 Å². The zero-order valence-corrected chi connectivity index (χ0v) is 11.3. The Morgan fingerprint density at radius 2 is 2.21 bits per heavy atom. The van der Waals surface area contributed by atoms with Crippen LogP contribution in [-0.2, 0) is 4.74 Å². The van der Waals surface area contributed by atoms with E-state index in [1.54, 1.807) is 19.2 Å². The molecule has 1 rings (SSSR count). The molecule has 1 aromatic rings. The molecule has 0 saturated heterocycles. The maximum absolute atomic E-state index is 10.9. The first-order valence-corrected chi connectivity index (χ1v) is 6.00. The van der Waals surface area contributed by atoms with E-state index in [0.29, 0.717) is 18.8 Å². The van der Waals surface area contributed by atoms with Crippen molar-refractivity contribution in [2.75, 3.05) is 51.4 Å². The lowest BCUT2D eigenvalue weighted by Crippen LogP contribution is -2.28. The van der Waals surface area contributed by atoms with Crippen LogP contribution in [0.1, 0.15) is 0 Å². The van der Waals surface area contributed by atoms with Gasteiger partial charge in [-0.2, -0.15) is 0 Å². The molecule has 0 amide bonds. The SMILES string of the molecule is COCCN(C)CCNc1cccc(N)c1[N+](=O)[O-]. The fraction of sp³-hybridized carbons (Fsp3) is 0.500. The van der Waals surface area contributed by atoms with Crippen LogP contribution in [0.4, 0.5) is 17.1 Å². The van der Waals surface area contributed by atoms with E-state index in [1.807, 2.05) is 7.05 Å². The number of rotatable bonds is 8. The summed E-state index contributed by atoms with van der Waals surface area (Å²) in [5.74, 6) is 0. The van der Waals surface area contributed by atoms with Gasteiger partial charge in [0.2, 0.25) is 0 Å². The van der Waals surface area contributed by atoms with E-state index in [4.69, 9.17) is 10.5 Å². The largest absolute Gasteiger partial charge is 0.393 e. The minimum absolute atomic E-state index is 0.0676. The fourth-order valence-corrected chi connectivity index (χ4v) is 1.65. The van der Waals surface area contributed by atoms with E-state index in [1.165, 1.54) is 6.07 Å². The Labute approximate surface area is 112 Å². The summed E-state index contributed by atoms with van der Waals surface area (Å²) in [7, 11) is 3.62. The Bertz CT molecular complexity index is 425. The molecule has 0 aliphatic rings. The van der Waals surface area contributed by atoms with E-state index < -0.39 is 4.92 Å². The van der Waals surface area contributed by atoms with Gasteiger partial charge in [-0.25, -0.2) is 0 Å². The number of nitro benzene ring substituents is 1. The normalized spacial score (nSPS) is 10.7. The summed E-state index contributed by atoms with van der Waals surface area (Å²) in [6.45, 7) is 2.84. The number of anilines is 2. The average molecular weight is 268 g/mol. The predicted octanol–water partition coefficient (Wildman–Crippen LogP) is 1.17. The molecule has 0 aliphatic carbocycles. The van der Waals surface area contributed by atoms with Crippen LogP contribution < -0.4 is 11.1 Å². The number of ether oxygens (including phenoxy) is 1. The molecule has 0 fully saturated rings. The van der Waals surface area contributed by atoms with E-state index in [-0.39, 0.29) is 11.4 Å². The standard InChI is InChI=1S/C12H20N4O3/c1-15(8-9-19-2)7-6-14-11-5-3-4-10(13)12(11)16(17)18/h3-5,14H,6-9,13H2,1-2H3. The van der Waals surface area contributed by atoms with Crippen LogP contribution in [0.3, 0.4) is 0 Å². The number of nitrogen functional groups attached to an aromatic ring is 1. The van der Waals surface area contributed by atoms with Crippen LogP contribution in [0, 0.1) is 10.1 Å². The Morgan fingerprint density at radius 3 is 2.84 bits per heavy atom.